The average molecular weight is 528 g/mol. The summed E-state index contributed by atoms with van der Waals surface area (Å²) in [7, 11) is 5.38. The van der Waals surface area contributed by atoms with Crippen LogP contribution < -0.4 is 5.30 Å². The number of allylic oxidation sites excluding steroid dienone is 4. The Hall–Kier alpha value is -3.22. The highest BCUT2D eigenvalue weighted by Crippen LogP contribution is 2.35. The van der Waals surface area contributed by atoms with E-state index in [0.717, 1.165) is 37.6 Å². The third-order valence-electron chi connectivity index (χ3n) is 6.44. The van der Waals surface area contributed by atoms with Crippen LogP contribution in [0.25, 0.3) is 16.7 Å². The number of carbonyl (C=O) groups is 1. The maximum atomic E-state index is 15.7. The van der Waals surface area contributed by atoms with Gasteiger partial charge in [0.2, 0.25) is 0 Å². The van der Waals surface area contributed by atoms with Gasteiger partial charge in [-0.2, -0.15) is 5.10 Å². The second kappa shape index (κ2) is 11.0. The number of carboxylic acid groups (broad SMARTS) is 1. The summed E-state index contributed by atoms with van der Waals surface area (Å²) in [5, 5.41) is 15.1. The van der Waals surface area contributed by atoms with Crippen LogP contribution in [0, 0.1) is 17.5 Å². The lowest BCUT2D eigenvalue weighted by atomic mass is 9.88. The molecule has 0 bridgehead atoms. The lowest BCUT2D eigenvalue weighted by Gasteiger charge is -2.26. The van der Waals surface area contributed by atoms with E-state index in [9.17, 15) is 9.90 Å². The van der Waals surface area contributed by atoms with E-state index in [2.05, 4.69) is 25.8 Å². The van der Waals surface area contributed by atoms with Gasteiger partial charge >= 0.3 is 5.97 Å². The van der Waals surface area contributed by atoms with Crippen molar-refractivity contribution in [3.63, 3.8) is 0 Å². The summed E-state index contributed by atoms with van der Waals surface area (Å²) in [6, 6.07) is 7.05. The largest absolute Gasteiger partial charge is 0.478 e. The van der Waals surface area contributed by atoms with Crippen molar-refractivity contribution in [1.29, 1.82) is 0 Å². The molecule has 2 aliphatic rings. The topological polar surface area (TPSA) is 56.1 Å². The molecule has 0 spiro atoms. The van der Waals surface area contributed by atoms with Crippen molar-refractivity contribution in [2.75, 3.05) is 27.2 Å². The van der Waals surface area contributed by atoms with Gasteiger partial charge in [0, 0.05) is 31.5 Å². The molecule has 1 saturated heterocycles. The highest BCUT2D eigenvalue weighted by atomic mass is 31.0. The zero-order valence-electron chi connectivity index (χ0n) is 20.8. The van der Waals surface area contributed by atoms with Crippen molar-refractivity contribution >= 4 is 31.8 Å². The van der Waals surface area contributed by atoms with Crippen molar-refractivity contribution in [3.05, 3.63) is 82.7 Å². The maximum Gasteiger partial charge on any atom is 0.338 e. The third-order valence-corrected chi connectivity index (χ3v) is 6.98. The minimum Gasteiger partial charge on any atom is -0.478 e. The lowest BCUT2D eigenvalue weighted by Crippen LogP contribution is -2.29. The number of hydrogen-bond donors (Lipinski definition) is 1. The second-order valence-electron chi connectivity index (χ2n) is 9.43. The van der Waals surface area contributed by atoms with Crippen LogP contribution in [0.2, 0.25) is 0 Å². The maximum absolute atomic E-state index is 15.7. The van der Waals surface area contributed by atoms with Gasteiger partial charge in [0.15, 0.2) is 11.6 Å². The van der Waals surface area contributed by atoms with Crippen molar-refractivity contribution in [2.45, 2.75) is 25.8 Å². The second-order valence-corrected chi connectivity index (χ2v) is 10.0. The molecule has 1 atom stereocenters. The van der Waals surface area contributed by atoms with Crippen LogP contribution in [0.15, 0.2) is 59.2 Å². The monoisotopic (exact) mass is 527 g/mol. The average Bonchev–Trinajstić information content (AvgIpc) is 2.85. The number of rotatable bonds is 6. The smallest absolute Gasteiger partial charge is 0.338 e. The third kappa shape index (κ3) is 5.55. The first-order valence-corrected chi connectivity index (χ1v) is 12.6. The van der Waals surface area contributed by atoms with Gasteiger partial charge in [-0.15, -0.1) is 9.24 Å². The molecule has 1 heterocycles. The predicted octanol–water partition coefficient (Wildman–Crippen LogP) is 5.14. The van der Waals surface area contributed by atoms with Gasteiger partial charge in [0.1, 0.15) is 11.5 Å². The summed E-state index contributed by atoms with van der Waals surface area (Å²) in [6.45, 7) is 6.45. The number of benzene rings is 2. The van der Waals surface area contributed by atoms with Crippen molar-refractivity contribution < 1.29 is 23.1 Å². The highest BCUT2D eigenvalue weighted by Gasteiger charge is 2.30. The van der Waals surface area contributed by atoms with E-state index in [0.29, 0.717) is 12.1 Å². The summed E-state index contributed by atoms with van der Waals surface area (Å²) in [5.41, 5.74) is 0.222. The van der Waals surface area contributed by atoms with Gasteiger partial charge in [-0.1, -0.05) is 31.2 Å². The van der Waals surface area contributed by atoms with E-state index in [1.165, 1.54) is 17.5 Å². The SMILES string of the molecule is C=C1C=C(c2c(F)c(F)c(-c3cccc(CN4CCCCC4)c3)c(P)c2F)C=C(C(=O)O)/C1=N/N(C)C. The standard InChI is InChI=1S/C28H29F3N3O2P/c1-16-12-19(14-20(28(35)36)26(16)32-33(2)3)21-23(29)24(30)22(27(37)25(21)31)18-9-7-8-17(13-18)15-34-10-5-4-6-11-34/h7-9,12-14H,1,4-6,10-11,15,37H2,2-3H3,(H,35,36)/b32-26+. The molecule has 1 aliphatic carbocycles. The Bertz CT molecular complexity index is 1330. The van der Waals surface area contributed by atoms with Gasteiger partial charge < -0.3 is 10.1 Å². The Morgan fingerprint density at radius 1 is 1.08 bits per heavy atom. The first-order chi connectivity index (χ1) is 17.6. The summed E-state index contributed by atoms with van der Waals surface area (Å²) in [4.78, 5) is 14.2. The van der Waals surface area contributed by atoms with E-state index in [4.69, 9.17) is 0 Å². The molecule has 0 radical (unpaired) electrons. The Morgan fingerprint density at radius 3 is 2.41 bits per heavy atom. The molecule has 0 saturated carbocycles. The lowest BCUT2D eigenvalue weighted by molar-refractivity contribution is -0.132. The van der Waals surface area contributed by atoms with E-state index in [1.807, 2.05) is 6.07 Å². The zero-order chi connectivity index (χ0) is 26.9. The molecule has 0 amide bonds. The van der Waals surface area contributed by atoms with Crippen LogP contribution in [0.1, 0.15) is 30.4 Å². The molecule has 2 aromatic carbocycles. The Morgan fingerprint density at radius 2 is 1.76 bits per heavy atom. The van der Waals surface area contributed by atoms with E-state index < -0.39 is 29.0 Å². The molecular formula is C28H29F3N3O2P. The van der Waals surface area contributed by atoms with Crippen molar-refractivity contribution in [1.82, 2.24) is 9.91 Å². The molecule has 9 heteroatoms. The Balaban J connectivity index is 1.78. The number of halogens is 3. The molecule has 2 aromatic rings. The molecule has 1 fully saturated rings. The van der Waals surface area contributed by atoms with Gasteiger partial charge in [0.05, 0.1) is 11.1 Å². The van der Waals surface area contributed by atoms with Crippen LogP contribution >= 0.6 is 9.24 Å². The van der Waals surface area contributed by atoms with Crippen LogP contribution in [0.3, 0.4) is 0 Å². The molecule has 1 aliphatic heterocycles. The molecule has 37 heavy (non-hydrogen) atoms. The normalized spacial score (nSPS) is 17.6. The van der Waals surface area contributed by atoms with Crippen LogP contribution in [0.4, 0.5) is 13.2 Å². The first kappa shape index (κ1) is 26.8. The summed E-state index contributed by atoms with van der Waals surface area (Å²) in [6.07, 6.45) is 5.86. The molecule has 4 rings (SSSR count). The van der Waals surface area contributed by atoms with Gasteiger partial charge in [-0.25, -0.2) is 18.0 Å². The minimum absolute atomic E-state index is 0.0516. The number of nitrogens with zero attached hydrogens (tertiary/aromatic N) is 3. The van der Waals surface area contributed by atoms with E-state index >= 15 is 13.2 Å². The number of aliphatic carboxylic acids is 1. The van der Waals surface area contributed by atoms with Crippen LogP contribution in [-0.2, 0) is 11.3 Å². The first-order valence-electron chi connectivity index (χ1n) is 12.0. The van der Waals surface area contributed by atoms with Crippen molar-refractivity contribution in [2.24, 2.45) is 5.10 Å². The van der Waals surface area contributed by atoms with Gasteiger partial charge in [-0.3, -0.25) is 4.90 Å². The Labute approximate surface area is 216 Å². The molecular weight excluding hydrogens is 498 g/mol. The van der Waals surface area contributed by atoms with E-state index in [-0.39, 0.29) is 33.3 Å². The number of hydrogen-bond acceptors (Lipinski definition) is 4. The minimum atomic E-state index is -1.40. The fourth-order valence-corrected chi connectivity index (χ4v) is 5.17. The number of piperidine rings is 1. The molecule has 0 aromatic heterocycles. The Kier molecular flexibility index (Phi) is 8.00. The van der Waals surface area contributed by atoms with Crippen molar-refractivity contribution in [3.8, 4) is 11.1 Å². The zero-order valence-corrected chi connectivity index (χ0v) is 22.0. The number of carboxylic acids is 1. The molecule has 194 valence electrons. The fraction of sp³-hybridized carbons (Fsp3) is 0.286. The quantitative estimate of drug-likeness (QED) is 0.321. The molecule has 5 nitrogen and oxygen atoms in total. The van der Waals surface area contributed by atoms with Crippen LogP contribution in [0.5, 0.6) is 0 Å². The number of hydrazone groups is 1. The summed E-state index contributed by atoms with van der Waals surface area (Å²) in [5.74, 6) is -4.94. The fourth-order valence-electron chi connectivity index (χ4n) is 4.74. The van der Waals surface area contributed by atoms with Gasteiger partial charge in [0.25, 0.3) is 0 Å². The summed E-state index contributed by atoms with van der Waals surface area (Å²) < 4.78 is 46.7. The van der Waals surface area contributed by atoms with Crippen LogP contribution in [-0.4, -0.2) is 53.9 Å². The molecule has 1 N–H and O–H groups in total. The molecule has 1 unspecified atom stereocenters. The number of likely N-dealkylation sites (tertiary alicyclic amines) is 1. The highest BCUT2D eigenvalue weighted by molar-refractivity contribution is 7.28. The van der Waals surface area contributed by atoms with Gasteiger partial charge in [-0.05, 0) is 66.4 Å². The predicted molar refractivity (Wildman–Crippen MR) is 144 cm³/mol. The van der Waals surface area contributed by atoms with E-state index in [1.54, 1.807) is 32.3 Å². The summed E-state index contributed by atoms with van der Waals surface area (Å²) >= 11 is 0.